The SMILES string of the molecule is CCCCNC(=O)CC(=O)Nc1ccc(Cl)c(C(F)(F)F)c1. The molecule has 0 aromatic heterocycles. The van der Waals surface area contributed by atoms with E-state index in [9.17, 15) is 22.8 Å². The molecule has 0 aliphatic heterocycles. The van der Waals surface area contributed by atoms with Gasteiger partial charge in [-0.25, -0.2) is 0 Å². The fourth-order valence-electron chi connectivity index (χ4n) is 1.64. The number of alkyl halides is 3. The highest BCUT2D eigenvalue weighted by Crippen LogP contribution is 2.36. The van der Waals surface area contributed by atoms with Crippen LogP contribution in [0.3, 0.4) is 0 Å². The molecular weight excluding hydrogens is 321 g/mol. The van der Waals surface area contributed by atoms with Crippen molar-refractivity contribution in [1.82, 2.24) is 5.32 Å². The summed E-state index contributed by atoms with van der Waals surface area (Å²) >= 11 is 5.48. The van der Waals surface area contributed by atoms with E-state index in [0.29, 0.717) is 6.54 Å². The molecule has 2 N–H and O–H groups in total. The topological polar surface area (TPSA) is 58.2 Å². The van der Waals surface area contributed by atoms with Crippen molar-refractivity contribution < 1.29 is 22.8 Å². The van der Waals surface area contributed by atoms with Crippen molar-refractivity contribution in [2.45, 2.75) is 32.4 Å². The van der Waals surface area contributed by atoms with Gasteiger partial charge in [0.2, 0.25) is 11.8 Å². The number of hydrogen-bond donors (Lipinski definition) is 2. The van der Waals surface area contributed by atoms with Crippen LogP contribution in [0.2, 0.25) is 5.02 Å². The molecule has 122 valence electrons. The summed E-state index contributed by atoms with van der Waals surface area (Å²) in [5.74, 6) is -1.17. The molecule has 0 spiro atoms. The third kappa shape index (κ3) is 5.93. The number of amides is 2. The molecule has 0 unspecified atom stereocenters. The van der Waals surface area contributed by atoms with Crippen molar-refractivity contribution >= 4 is 29.1 Å². The van der Waals surface area contributed by atoms with Gasteiger partial charge in [-0.1, -0.05) is 24.9 Å². The van der Waals surface area contributed by atoms with Crippen molar-refractivity contribution in [2.75, 3.05) is 11.9 Å². The van der Waals surface area contributed by atoms with E-state index < -0.39 is 35.0 Å². The summed E-state index contributed by atoms with van der Waals surface area (Å²) in [4.78, 5) is 23.0. The van der Waals surface area contributed by atoms with Gasteiger partial charge in [0.1, 0.15) is 6.42 Å². The normalized spacial score (nSPS) is 11.1. The molecule has 1 rings (SSSR count). The summed E-state index contributed by atoms with van der Waals surface area (Å²) in [6.45, 7) is 2.42. The Hall–Kier alpha value is -1.76. The maximum atomic E-state index is 12.7. The number of carbonyl (C=O) groups is 2. The van der Waals surface area contributed by atoms with Crippen molar-refractivity contribution in [2.24, 2.45) is 0 Å². The molecule has 22 heavy (non-hydrogen) atoms. The Balaban J connectivity index is 2.63. The van der Waals surface area contributed by atoms with Crippen LogP contribution in [-0.4, -0.2) is 18.4 Å². The minimum absolute atomic E-state index is 0.0666. The lowest BCUT2D eigenvalue weighted by Crippen LogP contribution is -2.28. The molecular formula is C14H16ClF3N2O2. The van der Waals surface area contributed by atoms with Crippen LogP contribution < -0.4 is 10.6 Å². The Labute approximate surface area is 131 Å². The minimum atomic E-state index is -4.62. The van der Waals surface area contributed by atoms with Crippen molar-refractivity contribution in [3.63, 3.8) is 0 Å². The molecule has 0 aliphatic rings. The number of anilines is 1. The fraction of sp³-hybridized carbons (Fsp3) is 0.429. The third-order valence-electron chi connectivity index (χ3n) is 2.73. The molecule has 0 bridgehead atoms. The van der Waals surface area contributed by atoms with Crippen LogP contribution in [0.25, 0.3) is 0 Å². The largest absolute Gasteiger partial charge is 0.417 e. The summed E-state index contributed by atoms with van der Waals surface area (Å²) in [7, 11) is 0. The zero-order valence-corrected chi connectivity index (χ0v) is 12.6. The summed E-state index contributed by atoms with van der Waals surface area (Å²) in [6.07, 6.45) is -3.38. The third-order valence-corrected chi connectivity index (χ3v) is 3.06. The maximum absolute atomic E-state index is 12.7. The van der Waals surface area contributed by atoms with Gasteiger partial charge in [0.15, 0.2) is 0 Å². The van der Waals surface area contributed by atoms with Crippen molar-refractivity contribution in [3.05, 3.63) is 28.8 Å². The first kappa shape index (κ1) is 18.3. The van der Waals surface area contributed by atoms with Crippen LogP contribution in [0.4, 0.5) is 18.9 Å². The van der Waals surface area contributed by atoms with E-state index in [-0.39, 0.29) is 5.69 Å². The highest BCUT2D eigenvalue weighted by molar-refractivity contribution is 6.31. The molecule has 0 aliphatic carbocycles. The first-order valence-corrected chi connectivity index (χ1v) is 7.05. The molecule has 0 radical (unpaired) electrons. The average Bonchev–Trinajstić information content (AvgIpc) is 2.40. The van der Waals surface area contributed by atoms with Gasteiger partial charge in [0.05, 0.1) is 10.6 Å². The molecule has 8 heteroatoms. The van der Waals surface area contributed by atoms with E-state index in [0.717, 1.165) is 25.0 Å². The number of unbranched alkanes of at least 4 members (excludes halogenated alkanes) is 1. The molecule has 4 nitrogen and oxygen atoms in total. The highest BCUT2D eigenvalue weighted by atomic mass is 35.5. The molecule has 0 heterocycles. The first-order chi connectivity index (χ1) is 10.2. The quantitative estimate of drug-likeness (QED) is 0.616. The number of rotatable bonds is 6. The predicted molar refractivity (Wildman–Crippen MR) is 77.6 cm³/mol. The van der Waals surface area contributed by atoms with Crippen LogP contribution in [0.5, 0.6) is 0 Å². The number of carbonyl (C=O) groups excluding carboxylic acids is 2. The Morgan fingerprint density at radius 2 is 1.91 bits per heavy atom. The molecule has 0 saturated carbocycles. The average molecular weight is 337 g/mol. The number of nitrogens with one attached hydrogen (secondary N) is 2. The van der Waals surface area contributed by atoms with E-state index in [4.69, 9.17) is 11.6 Å². The summed E-state index contributed by atoms with van der Waals surface area (Å²) in [5, 5.41) is 4.33. The molecule has 0 saturated heterocycles. The van der Waals surface area contributed by atoms with Gasteiger partial charge in [-0.15, -0.1) is 0 Å². The second-order valence-corrected chi connectivity index (χ2v) is 5.03. The Bertz CT molecular complexity index is 547. The second-order valence-electron chi connectivity index (χ2n) is 4.62. The van der Waals surface area contributed by atoms with Crippen LogP contribution >= 0.6 is 11.6 Å². The van der Waals surface area contributed by atoms with Gasteiger partial charge < -0.3 is 10.6 Å². The van der Waals surface area contributed by atoms with E-state index in [1.165, 1.54) is 6.07 Å². The maximum Gasteiger partial charge on any atom is 0.417 e. The van der Waals surface area contributed by atoms with Crippen LogP contribution in [0.15, 0.2) is 18.2 Å². The number of hydrogen-bond acceptors (Lipinski definition) is 2. The first-order valence-electron chi connectivity index (χ1n) is 6.67. The smallest absolute Gasteiger partial charge is 0.356 e. The van der Waals surface area contributed by atoms with E-state index in [1.54, 1.807) is 0 Å². The fourth-order valence-corrected chi connectivity index (χ4v) is 1.86. The molecule has 1 aromatic carbocycles. The van der Waals surface area contributed by atoms with E-state index in [1.807, 2.05) is 6.92 Å². The second kappa shape index (κ2) is 8.03. The van der Waals surface area contributed by atoms with Gasteiger partial charge in [0.25, 0.3) is 0 Å². The highest BCUT2D eigenvalue weighted by Gasteiger charge is 2.33. The Morgan fingerprint density at radius 3 is 2.50 bits per heavy atom. The minimum Gasteiger partial charge on any atom is -0.356 e. The Kier molecular flexibility index (Phi) is 6.67. The summed E-state index contributed by atoms with van der Waals surface area (Å²) in [6, 6.07) is 3.01. The Morgan fingerprint density at radius 1 is 1.23 bits per heavy atom. The van der Waals surface area contributed by atoms with Gasteiger partial charge in [-0.05, 0) is 24.6 Å². The predicted octanol–water partition coefficient (Wildman–Crippen LogP) is 3.60. The zero-order chi connectivity index (χ0) is 16.8. The number of halogens is 4. The van der Waals surface area contributed by atoms with Gasteiger partial charge in [-0.3, -0.25) is 9.59 Å². The van der Waals surface area contributed by atoms with Gasteiger partial charge in [0, 0.05) is 12.2 Å². The zero-order valence-electron chi connectivity index (χ0n) is 11.9. The summed E-state index contributed by atoms with van der Waals surface area (Å²) in [5.41, 5.74) is -1.11. The van der Waals surface area contributed by atoms with E-state index >= 15 is 0 Å². The van der Waals surface area contributed by atoms with Crippen LogP contribution in [-0.2, 0) is 15.8 Å². The molecule has 0 fully saturated rings. The van der Waals surface area contributed by atoms with Crippen LogP contribution in [0.1, 0.15) is 31.7 Å². The lowest BCUT2D eigenvalue weighted by atomic mass is 10.2. The molecule has 1 aromatic rings. The van der Waals surface area contributed by atoms with Gasteiger partial charge >= 0.3 is 6.18 Å². The number of benzene rings is 1. The van der Waals surface area contributed by atoms with Crippen molar-refractivity contribution in [1.29, 1.82) is 0 Å². The molecule has 2 amide bonds. The van der Waals surface area contributed by atoms with Crippen LogP contribution in [0, 0.1) is 0 Å². The summed E-state index contributed by atoms with van der Waals surface area (Å²) < 4.78 is 38.1. The standard InChI is InChI=1S/C14H16ClF3N2O2/c1-2-3-6-19-12(21)8-13(22)20-9-4-5-11(15)10(7-9)14(16,17)18/h4-5,7H,2-3,6,8H2,1H3,(H,19,21)(H,20,22). The lowest BCUT2D eigenvalue weighted by Gasteiger charge is -2.11. The van der Waals surface area contributed by atoms with E-state index in [2.05, 4.69) is 10.6 Å². The monoisotopic (exact) mass is 336 g/mol. The molecule has 0 atom stereocenters. The lowest BCUT2D eigenvalue weighted by molar-refractivity contribution is -0.137. The van der Waals surface area contributed by atoms with Crippen molar-refractivity contribution in [3.8, 4) is 0 Å². The van der Waals surface area contributed by atoms with Gasteiger partial charge in [-0.2, -0.15) is 13.2 Å².